The predicted octanol–water partition coefficient (Wildman–Crippen LogP) is 4.33. The Bertz CT molecular complexity index is 1060. The summed E-state index contributed by atoms with van der Waals surface area (Å²) in [6, 6.07) is 14.6. The van der Waals surface area contributed by atoms with E-state index in [2.05, 4.69) is 14.8 Å². The molecule has 0 aliphatic carbocycles. The molecule has 0 bridgehead atoms. The van der Waals surface area contributed by atoms with Crippen molar-refractivity contribution in [2.45, 2.75) is 45.4 Å². The van der Waals surface area contributed by atoms with Gasteiger partial charge in [-0.25, -0.2) is 14.2 Å². The van der Waals surface area contributed by atoms with Crippen molar-refractivity contribution in [3.63, 3.8) is 0 Å². The molecule has 3 aromatic rings. The maximum atomic E-state index is 13.7. The average Bonchev–Trinajstić information content (AvgIpc) is 3.25. The standard InChI is InChI=1S/C23H27FN4O2/c1-23(2,3)30-22(29)25-18-11-12-27(15-18)21-26-19-9-4-5-10-20(19)28(21)14-16-7-6-8-17(24)13-16/h4-10,13,18H,11-12,14-15H2,1-3H3,(H,25,29). The van der Waals surface area contributed by atoms with Crippen molar-refractivity contribution >= 4 is 23.1 Å². The fraction of sp³-hybridized carbons (Fsp3) is 0.391. The first-order valence-electron chi connectivity index (χ1n) is 10.2. The molecule has 1 atom stereocenters. The Kier molecular flexibility index (Phi) is 5.37. The highest BCUT2D eigenvalue weighted by atomic mass is 19.1. The Balaban J connectivity index is 1.56. The zero-order chi connectivity index (χ0) is 21.3. The predicted molar refractivity (Wildman–Crippen MR) is 115 cm³/mol. The number of amides is 1. The van der Waals surface area contributed by atoms with Crippen LogP contribution in [0.2, 0.25) is 0 Å². The number of aromatic nitrogens is 2. The van der Waals surface area contributed by atoms with Crippen LogP contribution in [0, 0.1) is 5.82 Å². The van der Waals surface area contributed by atoms with Gasteiger partial charge in [0.1, 0.15) is 11.4 Å². The van der Waals surface area contributed by atoms with E-state index in [0.29, 0.717) is 13.1 Å². The molecule has 1 amide bonds. The van der Waals surface area contributed by atoms with Gasteiger partial charge >= 0.3 is 6.09 Å². The van der Waals surface area contributed by atoms with Gasteiger partial charge in [-0.2, -0.15) is 0 Å². The third kappa shape index (κ3) is 4.56. The van der Waals surface area contributed by atoms with E-state index in [9.17, 15) is 9.18 Å². The van der Waals surface area contributed by atoms with E-state index in [1.54, 1.807) is 12.1 Å². The van der Waals surface area contributed by atoms with Gasteiger partial charge < -0.3 is 19.5 Å². The molecule has 1 unspecified atom stereocenters. The lowest BCUT2D eigenvalue weighted by Gasteiger charge is -2.22. The van der Waals surface area contributed by atoms with Gasteiger partial charge in [0.15, 0.2) is 0 Å². The van der Waals surface area contributed by atoms with Gasteiger partial charge in [-0.05, 0) is 57.0 Å². The van der Waals surface area contributed by atoms with Crippen LogP contribution in [0.4, 0.5) is 15.1 Å². The number of alkyl carbamates (subject to hydrolysis) is 1. The molecule has 1 aliphatic heterocycles. The van der Waals surface area contributed by atoms with E-state index in [1.165, 1.54) is 6.07 Å². The van der Waals surface area contributed by atoms with Crippen molar-refractivity contribution < 1.29 is 13.9 Å². The number of anilines is 1. The average molecular weight is 410 g/mol. The molecular formula is C23H27FN4O2. The highest BCUT2D eigenvalue weighted by molar-refractivity contribution is 5.79. The molecular weight excluding hydrogens is 383 g/mol. The van der Waals surface area contributed by atoms with Crippen molar-refractivity contribution in [3.05, 3.63) is 59.9 Å². The van der Waals surface area contributed by atoms with Crippen LogP contribution in [0.25, 0.3) is 11.0 Å². The summed E-state index contributed by atoms with van der Waals surface area (Å²) in [7, 11) is 0. The number of carbonyl (C=O) groups excluding carboxylic acids is 1. The molecule has 1 fully saturated rings. The van der Waals surface area contributed by atoms with Gasteiger partial charge in [0, 0.05) is 13.1 Å². The second-order valence-corrected chi connectivity index (χ2v) is 8.69. The molecule has 1 N–H and O–H groups in total. The molecule has 6 nitrogen and oxygen atoms in total. The number of imidazole rings is 1. The van der Waals surface area contributed by atoms with Crippen LogP contribution in [-0.2, 0) is 11.3 Å². The number of fused-ring (bicyclic) bond motifs is 1. The molecule has 4 rings (SSSR count). The summed E-state index contributed by atoms with van der Waals surface area (Å²) < 4.78 is 21.2. The third-order valence-electron chi connectivity index (χ3n) is 5.06. The second-order valence-electron chi connectivity index (χ2n) is 8.69. The van der Waals surface area contributed by atoms with Crippen LogP contribution in [-0.4, -0.2) is 40.4 Å². The summed E-state index contributed by atoms with van der Waals surface area (Å²) in [5.41, 5.74) is 2.25. The number of nitrogens with zero attached hydrogens (tertiary/aromatic N) is 3. The van der Waals surface area contributed by atoms with Crippen molar-refractivity contribution in [3.8, 4) is 0 Å². The number of hydrogen-bond acceptors (Lipinski definition) is 4. The molecule has 1 aromatic heterocycles. The van der Waals surface area contributed by atoms with Crippen LogP contribution < -0.4 is 10.2 Å². The number of rotatable bonds is 4. The van der Waals surface area contributed by atoms with Crippen molar-refractivity contribution in [1.29, 1.82) is 0 Å². The SMILES string of the molecule is CC(C)(C)OC(=O)NC1CCN(c2nc3ccccc3n2Cc2cccc(F)c2)C1. The Labute approximate surface area is 175 Å². The Morgan fingerprint density at radius 2 is 2.03 bits per heavy atom. The molecule has 1 aliphatic rings. The first kappa shape index (κ1) is 20.2. The van der Waals surface area contributed by atoms with Crippen molar-refractivity contribution in [1.82, 2.24) is 14.9 Å². The van der Waals surface area contributed by atoms with Crippen molar-refractivity contribution in [2.24, 2.45) is 0 Å². The summed E-state index contributed by atoms with van der Waals surface area (Å²) in [4.78, 5) is 19.1. The minimum Gasteiger partial charge on any atom is -0.444 e. The van der Waals surface area contributed by atoms with Crippen molar-refractivity contribution in [2.75, 3.05) is 18.0 Å². The third-order valence-corrected chi connectivity index (χ3v) is 5.06. The lowest BCUT2D eigenvalue weighted by Crippen LogP contribution is -2.40. The van der Waals surface area contributed by atoms with E-state index in [4.69, 9.17) is 9.72 Å². The van der Waals surface area contributed by atoms with E-state index >= 15 is 0 Å². The first-order chi connectivity index (χ1) is 14.3. The quantitative estimate of drug-likeness (QED) is 0.696. The number of hydrogen-bond donors (Lipinski definition) is 1. The fourth-order valence-corrected chi connectivity index (χ4v) is 3.81. The first-order valence-corrected chi connectivity index (χ1v) is 10.2. The van der Waals surface area contributed by atoms with Gasteiger partial charge in [0.2, 0.25) is 5.95 Å². The van der Waals surface area contributed by atoms with Gasteiger partial charge in [-0.15, -0.1) is 0 Å². The maximum Gasteiger partial charge on any atom is 0.407 e. The highest BCUT2D eigenvalue weighted by Gasteiger charge is 2.29. The second kappa shape index (κ2) is 7.97. The van der Waals surface area contributed by atoms with E-state index < -0.39 is 11.7 Å². The summed E-state index contributed by atoms with van der Waals surface area (Å²) in [5, 5.41) is 2.96. The topological polar surface area (TPSA) is 59.4 Å². The lowest BCUT2D eigenvalue weighted by atomic mass is 10.2. The Morgan fingerprint density at radius 3 is 2.80 bits per heavy atom. The number of benzene rings is 2. The molecule has 7 heteroatoms. The highest BCUT2D eigenvalue weighted by Crippen LogP contribution is 2.27. The molecule has 1 saturated heterocycles. The number of para-hydroxylation sites is 2. The van der Waals surface area contributed by atoms with Gasteiger partial charge in [-0.3, -0.25) is 0 Å². The summed E-state index contributed by atoms with van der Waals surface area (Å²) in [5.74, 6) is 0.579. The number of halogens is 1. The molecule has 0 radical (unpaired) electrons. The molecule has 0 spiro atoms. The summed E-state index contributed by atoms with van der Waals surface area (Å²) >= 11 is 0. The zero-order valence-corrected chi connectivity index (χ0v) is 17.6. The lowest BCUT2D eigenvalue weighted by molar-refractivity contribution is 0.0509. The summed E-state index contributed by atoms with van der Waals surface area (Å²) in [6.45, 7) is 7.49. The Hall–Kier alpha value is -3.09. The number of carbonyl (C=O) groups is 1. The van der Waals surface area contributed by atoms with Crippen LogP contribution in [0.5, 0.6) is 0 Å². The molecule has 158 valence electrons. The van der Waals surface area contributed by atoms with Crippen LogP contribution in [0.15, 0.2) is 48.5 Å². The van der Waals surface area contributed by atoms with E-state index in [0.717, 1.165) is 35.5 Å². The van der Waals surface area contributed by atoms with Gasteiger partial charge in [0.05, 0.1) is 23.6 Å². The largest absolute Gasteiger partial charge is 0.444 e. The summed E-state index contributed by atoms with van der Waals surface area (Å²) in [6.07, 6.45) is 0.408. The van der Waals surface area contributed by atoms with E-state index in [1.807, 2.05) is 51.1 Å². The maximum absolute atomic E-state index is 13.7. The van der Waals surface area contributed by atoms with Crippen LogP contribution in [0.1, 0.15) is 32.8 Å². The minimum absolute atomic E-state index is 0.0118. The smallest absolute Gasteiger partial charge is 0.407 e. The number of nitrogens with one attached hydrogen (secondary N) is 1. The number of ether oxygens (including phenoxy) is 1. The van der Waals surface area contributed by atoms with E-state index in [-0.39, 0.29) is 11.9 Å². The van der Waals surface area contributed by atoms with Crippen LogP contribution in [0.3, 0.4) is 0 Å². The Morgan fingerprint density at radius 1 is 1.23 bits per heavy atom. The van der Waals surface area contributed by atoms with Crippen LogP contribution >= 0.6 is 0 Å². The monoisotopic (exact) mass is 410 g/mol. The zero-order valence-electron chi connectivity index (χ0n) is 17.6. The molecule has 0 saturated carbocycles. The fourth-order valence-electron chi connectivity index (χ4n) is 3.81. The molecule has 30 heavy (non-hydrogen) atoms. The molecule has 2 aromatic carbocycles. The normalized spacial score (nSPS) is 16.8. The van der Waals surface area contributed by atoms with Gasteiger partial charge in [-0.1, -0.05) is 24.3 Å². The minimum atomic E-state index is -0.526. The molecule has 2 heterocycles. The van der Waals surface area contributed by atoms with Gasteiger partial charge in [0.25, 0.3) is 0 Å².